The molecule has 0 aliphatic carbocycles. The van der Waals surface area contributed by atoms with Crippen molar-refractivity contribution in [2.24, 2.45) is 0 Å². The van der Waals surface area contributed by atoms with Crippen LogP contribution in [0.3, 0.4) is 0 Å². The number of hydrogen-bond donors (Lipinski definition) is 1. The molecule has 0 spiro atoms. The molecular formula is C18H28OS3. The van der Waals surface area contributed by atoms with Gasteiger partial charge in [0, 0.05) is 16.2 Å². The molecule has 1 N–H and O–H groups in total. The van der Waals surface area contributed by atoms with E-state index >= 15 is 0 Å². The number of thioether (sulfide) groups is 2. The van der Waals surface area contributed by atoms with Gasteiger partial charge in [-0.1, -0.05) is 60.7 Å². The number of rotatable bonds is 4. The van der Waals surface area contributed by atoms with Gasteiger partial charge in [0.15, 0.2) is 0 Å². The summed E-state index contributed by atoms with van der Waals surface area (Å²) in [7, 11) is 0. The predicted molar refractivity (Wildman–Crippen MR) is 108 cm³/mol. The minimum absolute atomic E-state index is 0.113. The quantitative estimate of drug-likeness (QED) is 0.399. The summed E-state index contributed by atoms with van der Waals surface area (Å²) < 4.78 is 0.914. The number of thiocarbonyl (C=S) groups is 1. The molecular weight excluding hydrogens is 328 g/mol. The standard InChI is InChI=1S/C18H28OS3/c1-8-21-11-22-16(20)12-9-13(17(2,3)4)15(19)14(10-12)18(5,6)7/h9-10,19H,8,11H2,1-7H3. The topological polar surface area (TPSA) is 20.2 Å². The maximum atomic E-state index is 10.7. The van der Waals surface area contributed by atoms with Crippen molar-refractivity contribution in [2.45, 2.75) is 59.3 Å². The van der Waals surface area contributed by atoms with Gasteiger partial charge in [0.1, 0.15) is 5.75 Å². The van der Waals surface area contributed by atoms with Gasteiger partial charge in [0.25, 0.3) is 0 Å². The van der Waals surface area contributed by atoms with Crippen molar-refractivity contribution in [1.82, 2.24) is 0 Å². The van der Waals surface area contributed by atoms with Crippen LogP contribution < -0.4 is 0 Å². The minimum Gasteiger partial charge on any atom is -0.507 e. The molecule has 0 amide bonds. The van der Waals surface area contributed by atoms with E-state index in [1.165, 1.54) is 0 Å². The summed E-state index contributed by atoms with van der Waals surface area (Å²) in [6, 6.07) is 4.13. The minimum atomic E-state index is -0.113. The number of phenols is 1. The molecule has 1 aromatic rings. The van der Waals surface area contributed by atoms with Crippen molar-refractivity contribution in [3.63, 3.8) is 0 Å². The molecule has 0 aliphatic heterocycles. The number of phenolic OH excluding ortho intramolecular Hbond substituents is 1. The van der Waals surface area contributed by atoms with Crippen LogP contribution in [0.4, 0.5) is 0 Å². The summed E-state index contributed by atoms with van der Waals surface area (Å²) in [5, 5.41) is 11.7. The zero-order valence-corrected chi connectivity index (χ0v) is 17.2. The monoisotopic (exact) mass is 356 g/mol. The first-order valence-corrected chi connectivity index (χ1v) is 10.2. The first-order valence-electron chi connectivity index (χ1n) is 7.61. The molecule has 1 nitrogen and oxygen atoms in total. The van der Waals surface area contributed by atoms with E-state index in [-0.39, 0.29) is 10.8 Å². The van der Waals surface area contributed by atoms with Gasteiger partial charge in [0.05, 0.1) is 4.20 Å². The third-order valence-electron chi connectivity index (χ3n) is 3.44. The van der Waals surface area contributed by atoms with Crippen molar-refractivity contribution in [3.8, 4) is 5.75 Å². The Balaban J connectivity index is 3.32. The first kappa shape index (κ1) is 19.9. The second-order valence-corrected chi connectivity index (χ2v) is 10.8. The van der Waals surface area contributed by atoms with Crippen molar-refractivity contribution >= 4 is 39.9 Å². The molecule has 124 valence electrons. The molecule has 0 aliphatic rings. The Labute approximate surface area is 149 Å². The molecule has 0 saturated carbocycles. The lowest BCUT2D eigenvalue weighted by Crippen LogP contribution is -2.18. The molecule has 0 aromatic heterocycles. The molecule has 0 unspecified atom stereocenters. The molecule has 0 fully saturated rings. The number of hydrogen-bond acceptors (Lipinski definition) is 4. The lowest BCUT2D eigenvalue weighted by molar-refractivity contribution is 0.423. The lowest BCUT2D eigenvalue weighted by atomic mass is 9.78. The van der Waals surface area contributed by atoms with Gasteiger partial charge in [-0.05, 0) is 34.3 Å². The average molecular weight is 357 g/mol. The molecule has 4 heteroatoms. The zero-order valence-electron chi connectivity index (χ0n) is 14.7. The van der Waals surface area contributed by atoms with Gasteiger partial charge < -0.3 is 5.11 Å². The molecule has 0 radical (unpaired) electrons. The highest BCUT2D eigenvalue weighted by molar-refractivity contribution is 8.30. The van der Waals surface area contributed by atoms with E-state index in [9.17, 15) is 5.11 Å². The third kappa shape index (κ3) is 5.17. The molecule has 1 rings (SSSR count). The maximum absolute atomic E-state index is 10.7. The van der Waals surface area contributed by atoms with E-state index in [2.05, 4.69) is 60.6 Å². The van der Waals surface area contributed by atoms with Gasteiger partial charge in [0.2, 0.25) is 0 Å². The highest BCUT2D eigenvalue weighted by Gasteiger charge is 2.27. The van der Waals surface area contributed by atoms with Crippen molar-refractivity contribution in [2.75, 3.05) is 10.8 Å². The SMILES string of the molecule is CCSCSC(=S)c1cc(C(C)(C)C)c(O)c(C(C)(C)C)c1. The fraction of sp³-hybridized carbons (Fsp3) is 0.611. The summed E-state index contributed by atoms with van der Waals surface area (Å²) in [6.07, 6.45) is 0. The third-order valence-corrected chi connectivity index (χ3v) is 6.07. The zero-order chi connectivity index (χ0) is 17.1. The molecule has 0 heterocycles. The second-order valence-electron chi connectivity index (χ2n) is 7.46. The van der Waals surface area contributed by atoms with Crippen LogP contribution in [0.1, 0.15) is 65.2 Å². The smallest absolute Gasteiger partial charge is 0.123 e. The predicted octanol–water partition coefficient (Wildman–Crippen LogP) is 6.11. The summed E-state index contributed by atoms with van der Waals surface area (Å²) in [5.41, 5.74) is 2.78. The van der Waals surface area contributed by atoms with E-state index in [1.54, 1.807) is 11.8 Å². The Kier molecular flexibility index (Phi) is 6.85. The lowest BCUT2D eigenvalue weighted by Gasteiger charge is -2.28. The van der Waals surface area contributed by atoms with Crippen LogP contribution in [0, 0.1) is 0 Å². The Morgan fingerprint density at radius 2 is 1.50 bits per heavy atom. The van der Waals surface area contributed by atoms with Crippen LogP contribution in [0.5, 0.6) is 5.75 Å². The van der Waals surface area contributed by atoms with E-state index < -0.39 is 0 Å². The summed E-state index contributed by atoms with van der Waals surface area (Å²) in [5.74, 6) is 1.52. The molecule has 0 atom stereocenters. The van der Waals surface area contributed by atoms with Crippen LogP contribution in [0.2, 0.25) is 0 Å². The Morgan fingerprint density at radius 3 is 1.86 bits per heavy atom. The molecule has 0 bridgehead atoms. The molecule has 1 aromatic carbocycles. The van der Waals surface area contributed by atoms with Gasteiger partial charge in [-0.25, -0.2) is 0 Å². The van der Waals surface area contributed by atoms with Gasteiger partial charge in [-0.2, -0.15) is 11.8 Å². The second kappa shape index (κ2) is 7.59. The van der Waals surface area contributed by atoms with E-state index in [0.717, 1.165) is 31.7 Å². The van der Waals surface area contributed by atoms with Crippen molar-refractivity contribution < 1.29 is 5.11 Å². The van der Waals surface area contributed by atoms with Crippen LogP contribution in [0.25, 0.3) is 0 Å². The maximum Gasteiger partial charge on any atom is 0.123 e. The average Bonchev–Trinajstić information content (AvgIpc) is 2.36. The van der Waals surface area contributed by atoms with Gasteiger partial charge in [-0.3, -0.25) is 0 Å². The van der Waals surface area contributed by atoms with Gasteiger partial charge in [-0.15, -0.1) is 11.8 Å². The van der Waals surface area contributed by atoms with E-state index in [0.29, 0.717) is 5.75 Å². The van der Waals surface area contributed by atoms with Crippen LogP contribution in [-0.4, -0.2) is 20.1 Å². The Hall–Kier alpha value is -0.190. The summed E-state index contributed by atoms with van der Waals surface area (Å²) in [4.78, 5) is 0. The van der Waals surface area contributed by atoms with Crippen molar-refractivity contribution in [3.05, 3.63) is 28.8 Å². The largest absolute Gasteiger partial charge is 0.507 e. The van der Waals surface area contributed by atoms with Crippen LogP contribution in [0.15, 0.2) is 12.1 Å². The van der Waals surface area contributed by atoms with Crippen LogP contribution in [-0.2, 0) is 10.8 Å². The Morgan fingerprint density at radius 1 is 1.05 bits per heavy atom. The van der Waals surface area contributed by atoms with Crippen LogP contribution >= 0.6 is 35.7 Å². The fourth-order valence-corrected chi connectivity index (χ4v) is 4.42. The Bertz CT molecular complexity index is 501. The fourth-order valence-electron chi connectivity index (χ4n) is 2.16. The molecule has 22 heavy (non-hydrogen) atoms. The summed E-state index contributed by atoms with van der Waals surface area (Å²) >= 11 is 9.20. The number of benzene rings is 1. The van der Waals surface area contributed by atoms with Gasteiger partial charge >= 0.3 is 0 Å². The highest BCUT2D eigenvalue weighted by atomic mass is 32.2. The highest BCUT2D eigenvalue weighted by Crippen LogP contribution is 2.40. The van der Waals surface area contributed by atoms with Crippen molar-refractivity contribution in [1.29, 1.82) is 0 Å². The first-order chi connectivity index (χ1) is 9.98. The summed E-state index contributed by atoms with van der Waals surface area (Å²) in [6.45, 7) is 14.9. The molecule has 0 saturated heterocycles. The number of aromatic hydroxyl groups is 1. The normalized spacial score (nSPS) is 12.5. The van der Waals surface area contributed by atoms with E-state index in [4.69, 9.17) is 12.2 Å². The van der Waals surface area contributed by atoms with E-state index in [1.807, 2.05) is 11.8 Å².